The van der Waals surface area contributed by atoms with E-state index in [0.717, 1.165) is 5.56 Å². The standard InChI is InChI=1S/C17H14ClN3O3/c18-15-13(20-14(23)9-22)7-6-12-16(15)19-10-21(17(12)24)8-11-4-2-1-3-5-11/h1-7,10,22H,8-9H2,(H,20,23). The summed E-state index contributed by atoms with van der Waals surface area (Å²) in [4.78, 5) is 28.1. The quantitative estimate of drug-likeness (QED) is 0.759. The number of rotatable bonds is 4. The highest BCUT2D eigenvalue weighted by molar-refractivity contribution is 6.38. The first-order valence-electron chi connectivity index (χ1n) is 7.22. The molecule has 0 aliphatic rings. The van der Waals surface area contributed by atoms with Gasteiger partial charge in [-0.2, -0.15) is 0 Å². The van der Waals surface area contributed by atoms with Gasteiger partial charge in [-0.05, 0) is 17.7 Å². The molecule has 0 spiro atoms. The number of benzene rings is 2. The lowest BCUT2D eigenvalue weighted by molar-refractivity contribution is -0.118. The zero-order chi connectivity index (χ0) is 17.1. The van der Waals surface area contributed by atoms with Crippen LogP contribution >= 0.6 is 11.6 Å². The third-order valence-corrected chi connectivity index (χ3v) is 3.93. The Bertz CT molecular complexity index is 954. The Kier molecular flexibility index (Phi) is 4.59. The van der Waals surface area contributed by atoms with E-state index in [1.807, 2.05) is 30.3 Å². The van der Waals surface area contributed by atoms with E-state index >= 15 is 0 Å². The maximum atomic E-state index is 12.6. The Balaban J connectivity index is 2.02. The molecule has 1 heterocycles. The van der Waals surface area contributed by atoms with Crippen LogP contribution in [-0.4, -0.2) is 27.2 Å². The first kappa shape index (κ1) is 16.2. The molecule has 1 aromatic heterocycles. The fraction of sp³-hybridized carbons (Fsp3) is 0.118. The SMILES string of the molecule is O=C(CO)Nc1ccc2c(=O)n(Cc3ccccc3)cnc2c1Cl. The molecular weight excluding hydrogens is 330 g/mol. The van der Waals surface area contributed by atoms with Gasteiger partial charge in [-0.1, -0.05) is 41.9 Å². The molecule has 7 heteroatoms. The molecule has 0 fully saturated rings. The number of nitrogens with zero attached hydrogens (tertiary/aromatic N) is 2. The third kappa shape index (κ3) is 3.15. The van der Waals surface area contributed by atoms with Gasteiger partial charge < -0.3 is 10.4 Å². The van der Waals surface area contributed by atoms with Crippen LogP contribution in [0.1, 0.15) is 5.56 Å². The molecule has 24 heavy (non-hydrogen) atoms. The summed E-state index contributed by atoms with van der Waals surface area (Å²) < 4.78 is 1.50. The summed E-state index contributed by atoms with van der Waals surface area (Å²) in [5.74, 6) is -0.589. The van der Waals surface area contributed by atoms with Crippen molar-refractivity contribution in [2.45, 2.75) is 6.54 Å². The van der Waals surface area contributed by atoms with Crippen LogP contribution in [0.15, 0.2) is 53.6 Å². The summed E-state index contributed by atoms with van der Waals surface area (Å²) in [7, 11) is 0. The van der Waals surface area contributed by atoms with Crippen LogP contribution in [0.5, 0.6) is 0 Å². The van der Waals surface area contributed by atoms with Crippen LogP contribution in [0.25, 0.3) is 10.9 Å². The van der Waals surface area contributed by atoms with Gasteiger partial charge in [-0.25, -0.2) is 4.98 Å². The fourth-order valence-electron chi connectivity index (χ4n) is 2.38. The monoisotopic (exact) mass is 343 g/mol. The molecule has 0 aliphatic heterocycles. The largest absolute Gasteiger partial charge is 0.387 e. The molecular formula is C17H14ClN3O3. The zero-order valence-electron chi connectivity index (χ0n) is 12.6. The Labute approximate surface area is 142 Å². The van der Waals surface area contributed by atoms with Gasteiger partial charge in [0.05, 0.1) is 34.5 Å². The lowest BCUT2D eigenvalue weighted by Crippen LogP contribution is -2.21. The molecule has 0 radical (unpaired) electrons. The van der Waals surface area contributed by atoms with E-state index in [9.17, 15) is 9.59 Å². The van der Waals surface area contributed by atoms with Crippen LogP contribution in [0.2, 0.25) is 5.02 Å². The minimum absolute atomic E-state index is 0.165. The number of aromatic nitrogens is 2. The third-order valence-electron chi connectivity index (χ3n) is 3.55. The molecule has 0 saturated carbocycles. The van der Waals surface area contributed by atoms with Crippen molar-refractivity contribution >= 4 is 34.1 Å². The van der Waals surface area contributed by atoms with Crippen molar-refractivity contribution in [3.05, 3.63) is 69.7 Å². The van der Waals surface area contributed by atoms with Gasteiger partial charge in [0.2, 0.25) is 5.91 Å². The number of carbonyl (C=O) groups excluding carboxylic acids is 1. The van der Waals surface area contributed by atoms with Crippen molar-refractivity contribution in [3.8, 4) is 0 Å². The molecule has 2 N–H and O–H groups in total. The second-order valence-electron chi connectivity index (χ2n) is 5.19. The van der Waals surface area contributed by atoms with Gasteiger partial charge in [0.1, 0.15) is 6.61 Å². The van der Waals surface area contributed by atoms with Crippen molar-refractivity contribution < 1.29 is 9.90 Å². The smallest absolute Gasteiger partial charge is 0.261 e. The topological polar surface area (TPSA) is 84.2 Å². The van der Waals surface area contributed by atoms with Gasteiger partial charge in [-0.15, -0.1) is 0 Å². The Morgan fingerprint density at radius 2 is 1.96 bits per heavy atom. The second kappa shape index (κ2) is 6.82. The van der Waals surface area contributed by atoms with E-state index in [-0.39, 0.29) is 10.6 Å². The minimum atomic E-state index is -0.652. The van der Waals surface area contributed by atoms with Crippen molar-refractivity contribution in [2.24, 2.45) is 0 Å². The number of anilines is 1. The van der Waals surface area contributed by atoms with E-state index < -0.39 is 12.5 Å². The summed E-state index contributed by atoms with van der Waals surface area (Å²) in [5.41, 5.74) is 1.38. The molecule has 0 bridgehead atoms. The van der Waals surface area contributed by atoms with Crippen molar-refractivity contribution in [3.63, 3.8) is 0 Å². The van der Waals surface area contributed by atoms with Crippen molar-refractivity contribution in [2.75, 3.05) is 11.9 Å². The molecule has 3 rings (SSSR count). The van der Waals surface area contributed by atoms with E-state index in [2.05, 4.69) is 10.3 Å². The summed E-state index contributed by atoms with van der Waals surface area (Å²) in [6.45, 7) is -0.246. The molecule has 0 atom stereocenters. The lowest BCUT2D eigenvalue weighted by Gasteiger charge is -2.10. The molecule has 0 saturated heterocycles. The molecule has 3 aromatic rings. The number of aliphatic hydroxyl groups is 1. The lowest BCUT2D eigenvalue weighted by atomic mass is 10.2. The number of carbonyl (C=O) groups is 1. The number of aliphatic hydroxyl groups excluding tert-OH is 1. The summed E-state index contributed by atoms with van der Waals surface area (Å²) >= 11 is 6.22. The number of amides is 1. The minimum Gasteiger partial charge on any atom is -0.387 e. The normalized spacial score (nSPS) is 10.8. The van der Waals surface area contributed by atoms with E-state index in [1.165, 1.54) is 17.0 Å². The molecule has 2 aromatic carbocycles. The number of halogens is 1. The average molecular weight is 344 g/mol. The predicted octanol–water partition coefficient (Wildman–Crippen LogP) is 2.03. The van der Waals surface area contributed by atoms with Crippen LogP contribution in [0.4, 0.5) is 5.69 Å². The van der Waals surface area contributed by atoms with Crippen LogP contribution in [0.3, 0.4) is 0 Å². The Hall–Kier alpha value is -2.70. The first-order valence-corrected chi connectivity index (χ1v) is 7.60. The maximum Gasteiger partial charge on any atom is 0.261 e. The molecule has 0 aliphatic carbocycles. The van der Waals surface area contributed by atoms with Gasteiger partial charge in [-0.3, -0.25) is 14.2 Å². The summed E-state index contributed by atoms with van der Waals surface area (Å²) in [6, 6.07) is 12.7. The second-order valence-corrected chi connectivity index (χ2v) is 5.57. The number of hydrogen-bond donors (Lipinski definition) is 2. The van der Waals surface area contributed by atoms with Crippen molar-refractivity contribution in [1.29, 1.82) is 0 Å². The van der Waals surface area contributed by atoms with Gasteiger partial charge in [0.25, 0.3) is 5.56 Å². The van der Waals surface area contributed by atoms with Gasteiger partial charge in [0.15, 0.2) is 0 Å². The number of fused-ring (bicyclic) bond motifs is 1. The first-order chi connectivity index (χ1) is 11.6. The number of hydrogen-bond acceptors (Lipinski definition) is 4. The number of nitrogens with one attached hydrogen (secondary N) is 1. The average Bonchev–Trinajstić information content (AvgIpc) is 2.60. The fourth-order valence-corrected chi connectivity index (χ4v) is 2.64. The zero-order valence-corrected chi connectivity index (χ0v) is 13.3. The molecule has 1 amide bonds. The highest BCUT2D eigenvalue weighted by atomic mass is 35.5. The Morgan fingerprint density at radius 1 is 1.21 bits per heavy atom. The van der Waals surface area contributed by atoms with E-state index in [1.54, 1.807) is 6.07 Å². The van der Waals surface area contributed by atoms with Crippen molar-refractivity contribution in [1.82, 2.24) is 9.55 Å². The molecule has 0 unspecified atom stereocenters. The molecule has 6 nitrogen and oxygen atoms in total. The van der Waals surface area contributed by atoms with Crippen LogP contribution < -0.4 is 10.9 Å². The van der Waals surface area contributed by atoms with Crippen LogP contribution in [0, 0.1) is 0 Å². The predicted molar refractivity (Wildman–Crippen MR) is 92.3 cm³/mol. The highest BCUT2D eigenvalue weighted by Crippen LogP contribution is 2.28. The molecule has 122 valence electrons. The van der Waals surface area contributed by atoms with E-state index in [4.69, 9.17) is 16.7 Å². The highest BCUT2D eigenvalue weighted by Gasteiger charge is 2.12. The Morgan fingerprint density at radius 3 is 2.67 bits per heavy atom. The summed E-state index contributed by atoms with van der Waals surface area (Å²) in [6.07, 6.45) is 1.43. The van der Waals surface area contributed by atoms with Gasteiger partial charge >= 0.3 is 0 Å². The maximum absolute atomic E-state index is 12.6. The summed E-state index contributed by atoms with van der Waals surface area (Å²) in [5, 5.41) is 11.8. The van der Waals surface area contributed by atoms with E-state index in [0.29, 0.717) is 23.1 Å². The van der Waals surface area contributed by atoms with Crippen LogP contribution in [-0.2, 0) is 11.3 Å². The van der Waals surface area contributed by atoms with Gasteiger partial charge in [0, 0.05) is 0 Å².